The van der Waals surface area contributed by atoms with Gasteiger partial charge in [-0.15, -0.1) is 0 Å². The average Bonchev–Trinajstić information content (AvgIpc) is 2.48. The fourth-order valence-corrected chi connectivity index (χ4v) is 2.10. The number of nitro groups is 1. The van der Waals surface area contributed by atoms with Crippen molar-refractivity contribution < 1.29 is 9.66 Å². The molecule has 1 fully saturated rings. The summed E-state index contributed by atoms with van der Waals surface area (Å²) in [7, 11) is 0. The van der Waals surface area contributed by atoms with Gasteiger partial charge in [0.1, 0.15) is 12.0 Å². The maximum atomic E-state index is 10.5. The summed E-state index contributed by atoms with van der Waals surface area (Å²) in [6.07, 6.45) is 3.45. The van der Waals surface area contributed by atoms with Crippen LogP contribution in [0.25, 0.3) is 0 Å². The normalized spacial score (nSPS) is 16.0. The summed E-state index contributed by atoms with van der Waals surface area (Å²) < 4.78 is 5.30. The molecule has 0 unspecified atom stereocenters. The topological polar surface area (TPSA) is 80.5 Å². The van der Waals surface area contributed by atoms with E-state index in [4.69, 9.17) is 4.74 Å². The highest BCUT2D eigenvalue weighted by Crippen LogP contribution is 2.11. The molecule has 7 heteroatoms. The maximum absolute atomic E-state index is 10.5. The van der Waals surface area contributed by atoms with Crippen molar-refractivity contribution in [1.29, 1.82) is 0 Å². The maximum Gasteiger partial charge on any atom is 0.287 e. The number of nitrogens with one attached hydrogen (secondary N) is 1. The number of aromatic nitrogens is 1. The third kappa shape index (κ3) is 4.75. The SMILES string of the molecule is O=[N+]([O-])c1ccc(NCCCCN2CCOCC2)nc1. The van der Waals surface area contributed by atoms with Crippen LogP contribution in [0.1, 0.15) is 12.8 Å². The second-order valence-corrected chi connectivity index (χ2v) is 4.75. The van der Waals surface area contributed by atoms with Crippen molar-refractivity contribution in [2.24, 2.45) is 0 Å². The minimum Gasteiger partial charge on any atom is -0.379 e. The van der Waals surface area contributed by atoms with E-state index >= 15 is 0 Å². The van der Waals surface area contributed by atoms with Crippen molar-refractivity contribution in [2.45, 2.75) is 12.8 Å². The molecule has 1 aromatic rings. The van der Waals surface area contributed by atoms with Gasteiger partial charge < -0.3 is 10.1 Å². The lowest BCUT2D eigenvalue weighted by Crippen LogP contribution is -2.36. The Morgan fingerprint density at radius 3 is 2.80 bits per heavy atom. The van der Waals surface area contributed by atoms with Gasteiger partial charge in [-0.3, -0.25) is 15.0 Å². The average molecular weight is 280 g/mol. The van der Waals surface area contributed by atoms with Crippen LogP contribution in [0.3, 0.4) is 0 Å². The van der Waals surface area contributed by atoms with Gasteiger partial charge in [0.2, 0.25) is 0 Å². The molecule has 1 aromatic heterocycles. The fraction of sp³-hybridized carbons (Fsp3) is 0.615. The quantitative estimate of drug-likeness (QED) is 0.463. The minimum atomic E-state index is -0.445. The van der Waals surface area contributed by atoms with E-state index in [1.165, 1.54) is 12.3 Å². The third-order valence-electron chi connectivity index (χ3n) is 3.27. The summed E-state index contributed by atoms with van der Waals surface area (Å²) in [4.78, 5) is 16.5. The molecule has 0 saturated carbocycles. The van der Waals surface area contributed by atoms with Gasteiger partial charge in [0.05, 0.1) is 18.1 Å². The summed E-state index contributed by atoms with van der Waals surface area (Å²) in [6.45, 7) is 5.65. The van der Waals surface area contributed by atoms with Crippen LogP contribution in [0.5, 0.6) is 0 Å². The van der Waals surface area contributed by atoms with Crippen LogP contribution < -0.4 is 5.32 Å². The van der Waals surface area contributed by atoms with E-state index in [9.17, 15) is 10.1 Å². The predicted octanol–water partition coefficient (Wildman–Crippen LogP) is 1.51. The van der Waals surface area contributed by atoms with Crippen LogP contribution in [0.4, 0.5) is 11.5 Å². The Bertz CT molecular complexity index is 418. The second-order valence-electron chi connectivity index (χ2n) is 4.75. The molecule has 1 aliphatic rings. The van der Waals surface area contributed by atoms with Gasteiger partial charge >= 0.3 is 0 Å². The molecule has 1 saturated heterocycles. The molecule has 7 nitrogen and oxygen atoms in total. The third-order valence-corrected chi connectivity index (χ3v) is 3.27. The van der Waals surface area contributed by atoms with Crippen LogP contribution >= 0.6 is 0 Å². The van der Waals surface area contributed by atoms with Gasteiger partial charge in [-0.05, 0) is 25.5 Å². The molecule has 1 N–H and O–H groups in total. The van der Waals surface area contributed by atoms with Gasteiger partial charge in [0.15, 0.2) is 0 Å². The molecule has 20 heavy (non-hydrogen) atoms. The van der Waals surface area contributed by atoms with Gasteiger partial charge in [-0.1, -0.05) is 0 Å². The number of unbranched alkanes of at least 4 members (excludes halogenated alkanes) is 1. The number of ether oxygens (including phenoxy) is 1. The molecule has 0 aromatic carbocycles. The van der Waals surface area contributed by atoms with Gasteiger partial charge in [-0.2, -0.15) is 0 Å². The van der Waals surface area contributed by atoms with Crippen molar-refractivity contribution in [2.75, 3.05) is 44.7 Å². The molecule has 0 amide bonds. The Morgan fingerprint density at radius 1 is 1.35 bits per heavy atom. The molecular weight excluding hydrogens is 260 g/mol. The Hall–Kier alpha value is -1.73. The zero-order valence-corrected chi connectivity index (χ0v) is 11.5. The number of morpholine rings is 1. The van der Waals surface area contributed by atoms with Crippen molar-refractivity contribution in [1.82, 2.24) is 9.88 Å². The lowest BCUT2D eigenvalue weighted by Gasteiger charge is -2.26. The number of anilines is 1. The summed E-state index contributed by atoms with van der Waals surface area (Å²) in [5.41, 5.74) is 0.0165. The second kappa shape index (κ2) is 7.76. The van der Waals surface area contributed by atoms with E-state index in [1.807, 2.05) is 0 Å². The van der Waals surface area contributed by atoms with E-state index in [-0.39, 0.29) is 5.69 Å². The van der Waals surface area contributed by atoms with Crippen molar-refractivity contribution in [3.05, 3.63) is 28.4 Å². The minimum absolute atomic E-state index is 0.0165. The highest BCUT2D eigenvalue weighted by molar-refractivity contribution is 5.39. The lowest BCUT2D eigenvalue weighted by atomic mass is 10.2. The first-order valence-electron chi connectivity index (χ1n) is 6.90. The molecule has 0 radical (unpaired) electrons. The highest BCUT2D eigenvalue weighted by atomic mass is 16.6. The largest absolute Gasteiger partial charge is 0.379 e. The summed E-state index contributed by atoms with van der Waals surface area (Å²) in [5.74, 6) is 0.682. The van der Waals surface area contributed by atoms with Crippen LogP contribution in [-0.4, -0.2) is 54.2 Å². The van der Waals surface area contributed by atoms with Gasteiger partial charge in [0, 0.05) is 25.7 Å². The van der Waals surface area contributed by atoms with Crippen molar-refractivity contribution >= 4 is 11.5 Å². The van der Waals surface area contributed by atoms with Crippen molar-refractivity contribution in [3.8, 4) is 0 Å². The first kappa shape index (κ1) is 14.7. The first-order valence-corrected chi connectivity index (χ1v) is 6.90. The number of rotatable bonds is 7. The van der Waals surface area contributed by atoms with Crippen LogP contribution in [0.2, 0.25) is 0 Å². The molecule has 2 heterocycles. The molecule has 110 valence electrons. The van der Waals surface area contributed by atoms with E-state index in [2.05, 4.69) is 15.2 Å². The Labute approximate surface area is 118 Å². The van der Waals surface area contributed by atoms with E-state index in [0.29, 0.717) is 5.82 Å². The lowest BCUT2D eigenvalue weighted by molar-refractivity contribution is -0.385. The number of hydrogen-bond donors (Lipinski definition) is 1. The molecule has 0 bridgehead atoms. The zero-order valence-electron chi connectivity index (χ0n) is 11.5. The monoisotopic (exact) mass is 280 g/mol. The summed E-state index contributed by atoms with van der Waals surface area (Å²) >= 11 is 0. The highest BCUT2D eigenvalue weighted by Gasteiger charge is 2.09. The molecule has 1 aliphatic heterocycles. The molecular formula is C13H20N4O3. The molecule has 0 spiro atoms. The van der Waals surface area contributed by atoms with E-state index in [1.54, 1.807) is 6.07 Å². The molecule has 0 atom stereocenters. The zero-order chi connectivity index (χ0) is 14.2. The summed E-state index contributed by atoms with van der Waals surface area (Å²) in [6, 6.07) is 3.10. The Kier molecular flexibility index (Phi) is 5.69. The molecule has 0 aliphatic carbocycles. The standard InChI is InChI=1S/C13H20N4O3/c18-17(19)12-3-4-13(15-11-12)14-5-1-2-6-16-7-9-20-10-8-16/h3-4,11H,1-2,5-10H2,(H,14,15). The molecule has 2 rings (SSSR count). The van der Waals surface area contributed by atoms with E-state index in [0.717, 1.165) is 52.2 Å². The number of pyridine rings is 1. The van der Waals surface area contributed by atoms with Gasteiger partial charge in [-0.25, -0.2) is 4.98 Å². The van der Waals surface area contributed by atoms with Crippen LogP contribution in [0.15, 0.2) is 18.3 Å². The van der Waals surface area contributed by atoms with Crippen LogP contribution in [-0.2, 0) is 4.74 Å². The Balaban J connectivity index is 1.59. The van der Waals surface area contributed by atoms with Crippen molar-refractivity contribution in [3.63, 3.8) is 0 Å². The summed E-state index contributed by atoms with van der Waals surface area (Å²) in [5, 5.41) is 13.7. The first-order chi connectivity index (χ1) is 9.75. The van der Waals surface area contributed by atoms with Gasteiger partial charge in [0.25, 0.3) is 5.69 Å². The van der Waals surface area contributed by atoms with Crippen LogP contribution in [0, 0.1) is 10.1 Å². The van der Waals surface area contributed by atoms with E-state index < -0.39 is 4.92 Å². The Morgan fingerprint density at radius 2 is 2.15 bits per heavy atom. The number of nitrogens with zero attached hydrogens (tertiary/aromatic N) is 3. The predicted molar refractivity (Wildman–Crippen MR) is 75.9 cm³/mol. The number of hydrogen-bond acceptors (Lipinski definition) is 6. The fourth-order valence-electron chi connectivity index (χ4n) is 2.10. The smallest absolute Gasteiger partial charge is 0.287 e.